The van der Waals surface area contributed by atoms with Crippen molar-refractivity contribution in [1.82, 2.24) is 14.8 Å². The highest BCUT2D eigenvalue weighted by atomic mass is 15.4. The molecule has 4 N–H and O–H groups in total. The molecule has 0 unspecified atom stereocenters. The third-order valence-electron chi connectivity index (χ3n) is 2.68. The maximum Gasteiger partial charge on any atom is 0.0253 e. The lowest BCUT2D eigenvalue weighted by atomic mass is 10.3. The second kappa shape index (κ2) is 6.31. The Morgan fingerprint density at radius 1 is 1.07 bits per heavy atom. The van der Waals surface area contributed by atoms with Gasteiger partial charge in [0.05, 0.1) is 0 Å². The Labute approximate surface area is 86.6 Å². The summed E-state index contributed by atoms with van der Waals surface area (Å²) in [5.41, 5.74) is 5.51. The zero-order chi connectivity index (χ0) is 10.4. The Bertz CT molecular complexity index is 142. The van der Waals surface area contributed by atoms with Gasteiger partial charge >= 0.3 is 0 Å². The van der Waals surface area contributed by atoms with Crippen LogP contribution in [-0.2, 0) is 0 Å². The van der Waals surface area contributed by atoms with Crippen LogP contribution in [0.15, 0.2) is 0 Å². The van der Waals surface area contributed by atoms with Crippen LogP contribution in [0.4, 0.5) is 0 Å². The SMILES string of the molecule is CN(N)CCN1CCN(CCN)CC1. The van der Waals surface area contributed by atoms with E-state index in [1.165, 1.54) is 0 Å². The van der Waals surface area contributed by atoms with Gasteiger partial charge < -0.3 is 5.73 Å². The van der Waals surface area contributed by atoms with Gasteiger partial charge in [-0.1, -0.05) is 0 Å². The molecule has 84 valence electrons. The van der Waals surface area contributed by atoms with Crippen LogP contribution < -0.4 is 11.6 Å². The third-order valence-corrected chi connectivity index (χ3v) is 2.68. The molecule has 0 saturated carbocycles. The number of nitrogens with two attached hydrogens (primary N) is 2. The van der Waals surface area contributed by atoms with Gasteiger partial charge in [-0.2, -0.15) is 0 Å². The highest BCUT2D eigenvalue weighted by molar-refractivity contribution is 4.72. The van der Waals surface area contributed by atoms with Gasteiger partial charge in [-0.15, -0.1) is 0 Å². The fourth-order valence-electron chi connectivity index (χ4n) is 1.72. The molecule has 1 heterocycles. The molecule has 1 fully saturated rings. The van der Waals surface area contributed by atoms with E-state index in [0.717, 1.165) is 52.4 Å². The van der Waals surface area contributed by atoms with Crippen LogP contribution in [0.1, 0.15) is 0 Å². The molecule has 0 aromatic rings. The molecule has 1 saturated heterocycles. The zero-order valence-electron chi connectivity index (χ0n) is 9.15. The molecule has 5 heteroatoms. The maximum absolute atomic E-state index is 5.56. The molecule has 1 aliphatic heterocycles. The molecular weight excluding hydrogens is 178 g/mol. The van der Waals surface area contributed by atoms with Crippen molar-refractivity contribution in [3.63, 3.8) is 0 Å². The quantitative estimate of drug-likeness (QED) is 0.413. The summed E-state index contributed by atoms with van der Waals surface area (Å²) in [6.45, 7) is 8.40. The lowest BCUT2D eigenvalue weighted by Gasteiger charge is -2.34. The van der Waals surface area contributed by atoms with E-state index in [1.807, 2.05) is 7.05 Å². The van der Waals surface area contributed by atoms with Crippen molar-refractivity contribution < 1.29 is 0 Å². The van der Waals surface area contributed by atoms with Gasteiger partial charge in [-0.05, 0) is 0 Å². The van der Waals surface area contributed by atoms with Crippen molar-refractivity contribution in [2.75, 3.05) is 59.4 Å². The number of rotatable bonds is 5. The molecule has 0 radical (unpaired) electrons. The number of hydrogen-bond acceptors (Lipinski definition) is 5. The maximum atomic E-state index is 5.56. The van der Waals surface area contributed by atoms with Crippen LogP contribution in [0.25, 0.3) is 0 Å². The molecule has 5 nitrogen and oxygen atoms in total. The fourth-order valence-corrected chi connectivity index (χ4v) is 1.72. The molecule has 0 bridgehead atoms. The highest BCUT2D eigenvalue weighted by Crippen LogP contribution is 2.00. The van der Waals surface area contributed by atoms with Crippen molar-refractivity contribution in [2.24, 2.45) is 11.6 Å². The Hall–Kier alpha value is -0.200. The first-order chi connectivity index (χ1) is 6.72. The molecule has 0 aromatic carbocycles. The average Bonchev–Trinajstić information content (AvgIpc) is 2.17. The summed E-state index contributed by atoms with van der Waals surface area (Å²) in [5, 5.41) is 1.74. The monoisotopic (exact) mass is 201 g/mol. The summed E-state index contributed by atoms with van der Waals surface area (Å²) >= 11 is 0. The number of hydrazine groups is 1. The largest absolute Gasteiger partial charge is 0.329 e. The molecule has 0 spiro atoms. The minimum Gasteiger partial charge on any atom is -0.329 e. The van der Waals surface area contributed by atoms with Gasteiger partial charge in [0.25, 0.3) is 0 Å². The second-order valence-corrected chi connectivity index (χ2v) is 3.95. The summed E-state index contributed by atoms with van der Waals surface area (Å²) in [5.74, 6) is 5.56. The molecule has 0 atom stereocenters. The zero-order valence-corrected chi connectivity index (χ0v) is 9.15. The Morgan fingerprint density at radius 2 is 1.57 bits per heavy atom. The molecule has 14 heavy (non-hydrogen) atoms. The van der Waals surface area contributed by atoms with Crippen LogP contribution in [0.5, 0.6) is 0 Å². The van der Waals surface area contributed by atoms with E-state index >= 15 is 0 Å². The summed E-state index contributed by atoms with van der Waals surface area (Å²) in [7, 11) is 1.91. The lowest BCUT2D eigenvalue weighted by molar-refractivity contribution is 0.125. The standard InChI is InChI=1S/C9H23N5/c1-12(11)4-5-14-8-6-13(3-2-10)7-9-14/h2-11H2,1H3. The highest BCUT2D eigenvalue weighted by Gasteiger charge is 2.15. The van der Waals surface area contributed by atoms with Crippen LogP contribution in [0.2, 0.25) is 0 Å². The fraction of sp³-hybridized carbons (Fsp3) is 1.00. The molecule has 0 amide bonds. The Kier molecular flexibility index (Phi) is 5.36. The second-order valence-electron chi connectivity index (χ2n) is 3.95. The number of hydrogen-bond donors (Lipinski definition) is 2. The van der Waals surface area contributed by atoms with Gasteiger partial charge in [0.2, 0.25) is 0 Å². The van der Waals surface area contributed by atoms with Crippen LogP contribution in [-0.4, -0.2) is 74.2 Å². The number of piperazine rings is 1. The van der Waals surface area contributed by atoms with E-state index in [-0.39, 0.29) is 0 Å². The summed E-state index contributed by atoms with van der Waals surface area (Å²) < 4.78 is 0. The summed E-state index contributed by atoms with van der Waals surface area (Å²) in [6, 6.07) is 0. The van der Waals surface area contributed by atoms with Crippen LogP contribution >= 0.6 is 0 Å². The van der Waals surface area contributed by atoms with Gasteiger partial charge in [-0.3, -0.25) is 15.6 Å². The predicted molar refractivity (Wildman–Crippen MR) is 58.8 cm³/mol. The lowest BCUT2D eigenvalue weighted by Crippen LogP contribution is -2.49. The number of nitrogens with zero attached hydrogens (tertiary/aromatic N) is 3. The summed E-state index contributed by atoms with van der Waals surface area (Å²) in [4.78, 5) is 4.87. The van der Waals surface area contributed by atoms with Crippen molar-refractivity contribution >= 4 is 0 Å². The van der Waals surface area contributed by atoms with Gasteiger partial charge in [0, 0.05) is 59.4 Å². The van der Waals surface area contributed by atoms with Crippen molar-refractivity contribution in [2.45, 2.75) is 0 Å². The van der Waals surface area contributed by atoms with Gasteiger partial charge in [-0.25, -0.2) is 5.01 Å². The van der Waals surface area contributed by atoms with E-state index < -0.39 is 0 Å². The first kappa shape index (κ1) is 11.9. The minimum atomic E-state index is 0.769. The van der Waals surface area contributed by atoms with Crippen LogP contribution in [0.3, 0.4) is 0 Å². The first-order valence-electron chi connectivity index (χ1n) is 5.33. The Morgan fingerprint density at radius 3 is 2.00 bits per heavy atom. The molecule has 0 aliphatic carbocycles. The van der Waals surface area contributed by atoms with Crippen molar-refractivity contribution in [1.29, 1.82) is 0 Å². The van der Waals surface area contributed by atoms with E-state index in [1.54, 1.807) is 5.01 Å². The predicted octanol–water partition coefficient (Wildman–Crippen LogP) is -1.63. The summed E-state index contributed by atoms with van der Waals surface area (Å²) in [6.07, 6.45) is 0. The molecule has 0 aromatic heterocycles. The average molecular weight is 201 g/mol. The first-order valence-corrected chi connectivity index (χ1v) is 5.33. The van der Waals surface area contributed by atoms with Crippen molar-refractivity contribution in [3.05, 3.63) is 0 Å². The number of likely N-dealkylation sites (N-methyl/N-ethyl adjacent to an activating group) is 1. The Balaban J connectivity index is 2.09. The van der Waals surface area contributed by atoms with Crippen molar-refractivity contribution in [3.8, 4) is 0 Å². The molecular formula is C9H23N5. The van der Waals surface area contributed by atoms with Crippen LogP contribution in [0, 0.1) is 0 Å². The molecule has 1 rings (SSSR count). The third kappa shape index (κ3) is 4.34. The van der Waals surface area contributed by atoms with Gasteiger partial charge in [0.15, 0.2) is 0 Å². The normalized spacial score (nSPS) is 20.6. The smallest absolute Gasteiger partial charge is 0.0253 e. The van der Waals surface area contributed by atoms with E-state index in [0.29, 0.717) is 0 Å². The topological polar surface area (TPSA) is 61.8 Å². The van der Waals surface area contributed by atoms with Gasteiger partial charge in [0.1, 0.15) is 0 Å². The van der Waals surface area contributed by atoms with E-state index in [2.05, 4.69) is 9.80 Å². The molecule has 1 aliphatic rings. The van der Waals surface area contributed by atoms with E-state index in [9.17, 15) is 0 Å². The minimum absolute atomic E-state index is 0.769. The van der Waals surface area contributed by atoms with E-state index in [4.69, 9.17) is 11.6 Å².